The lowest BCUT2D eigenvalue weighted by molar-refractivity contribution is -0.151. The van der Waals surface area contributed by atoms with Crippen LogP contribution in [0.3, 0.4) is 0 Å². The second-order valence-electron chi connectivity index (χ2n) is 6.22. The van der Waals surface area contributed by atoms with Crippen LogP contribution in [-0.4, -0.2) is 25.0 Å². The predicted molar refractivity (Wildman–Crippen MR) is 97.4 cm³/mol. The summed E-state index contributed by atoms with van der Waals surface area (Å²) in [4.78, 5) is 27.4. The third-order valence-electron chi connectivity index (χ3n) is 4.53. The zero-order valence-corrected chi connectivity index (χ0v) is 14.5. The average Bonchev–Trinajstić information content (AvgIpc) is 2.66. The Balaban J connectivity index is 1.88. The molecule has 0 N–H and O–H groups in total. The first-order chi connectivity index (χ1) is 12.2. The van der Waals surface area contributed by atoms with Crippen molar-refractivity contribution in [3.05, 3.63) is 65.7 Å². The van der Waals surface area contributed by atoms with Crippen LogP contribution in [0, 0.1) is 5.92 Å². The minimum atomic E-state index is -0.812. The third kappa shape index (κ3) is 3.90. The highest BCUT2D eigenvalue weighted by atomic mass is 16.5. The van der Waals surface area contributed by atoms with Crippen molar-refractivity contribution in [3.8, 4) is 0 Å². The highest BCUT2D eigenvalue weighted by Crippen LogP contribution is 2.29. The van der Waals surface area contributed by atoms with Gasteiger partial charge in [-0.1, -0.05) is 48.5 Å². The van der Waals surface area contributed by atoms with E-state index in [0.717, 1.165) is 29.7 Å². The van der Waals surface area contributed by atoms with Gasteiger partial charge in [0.25, 0.3) is 0 Å². The number of hydrogen-bond donors (Lipinski definition) is 0. The number of amides is 1. The molecule has 0 saturated heterocycles. The molecule has 130 valence electrons. The first-order valence-corrected chi connectivity index (χ1v) is 8.80. The highest BCUT2D eigenvalue weighted by Gasteiger charge is 2.34. The van der Waals surface area contributed by atoms with Crippen molar-refractivity contribution in [2.45, 2.75) is 26.2 Å². The summed E-state index contributed by atoms with van der Waals surface area (Å²) in [6.45, 7) is 2.67. The number of rotatable bonds is 5. The summed E-state index contributed by atoms with van der Waals surface area (Å²) >= 11 is 0. The monoisotopic (exact) mass is 337 g/mol. The lowest BCUT2D eigenvalue weighted by Gasteiger charge is -2.31. The molecule has 4 nitrogen and oxygen atoms in total. The largest absolute Gasteiger partial charge is 0.465 e. The van der Waals surface area contributed by atoms with Crippen LogP contribution in [0.15, 0.2) is 54.6 Å². The van der Waals surface area contributed by atoms with Crippen molar-refractivity contribution < 1.29 is 14.3 Å². The normalized spacial score (nSPS) is 14.5. The molecule has 1 amide bonds. The standard InChI is InChI=1S/C21H23NO3/c1-2-25-21(24)18(15-16-9-4-3-5-10-16)20(23)22-14-8-12-17-11-6-7-13-19(17)22/h3-7,9-11,13,18H,2,8,12,14-15H2,1H3/t18-/m1/s1. The maximum Gasteiger partial charge on any atom is 0.318 e. The van der Waals surface area contributed by atoms with Gasteiger partial charge in [-0.2, -0.15) is 0 Å². The van der Waals surface area contributed by atoms with Gasteiger partial charge in [-0.25, -0.2) is 0 Å². The van der Waals surface area contributed by atoms with Crippen LogP contribution >= 0.6 is 0 Å². The van der Waals surface area contributed by atoms with Crippen molar-refractivity contribution in [1.82, 2.24) is 0 Å². The molecule has 0 saturated carbocycles. The van der Waals surface area contributed by atoms with Gasteiger partial charge in [0.15, 0.2) is 0 Å². The number of fused-ring (bicyclic) bond motifs is 1. The Hall–Kier alpha value is -2.62. The predicted octanol–water partition coefficient (Wildman–Crippen LogP) is 3.39. The Morgan fingerprint density at radius 3 is 2.56 bits per heavy atom. The molecule has 1 atom stereocenters. The van der Waals surface area contributed by atoms with Crippen LogP contribution in [0.25, 0.3) is 0 Å². The van der Waals surface area contributed by atoms with E-state index in [2.05, 4.69) is 0 Å². The zero-order valence-electron chi connectivity index (χ0n) is 14.5. The fourth-order valence-corrected chi connectivity index (χ4v) is 3.31. The maximum absolute atomic E-state index is 13.2. The number of para-hydroxylation sites is 1. The van der Waals surface area contributed by atoms with Gasteiger partial charge in [0.05, 0.1) is 6.61 Å². The van der Waals surface area contributed by atoms with Crippen molar-refractivity contribution in [1.29, 1.82) is 0 Å². The Kier molecular flexibility index (Phi) is 5.49. The number of carbonyl (C=O) groups excluding carboxylic acids is 2. The summed E-state index contributed by atoms with van der Waals surface area (Å²) in [6.07, 6.45) is 2.23. The smallest absolute Gasteiger partial charge is 0.318 e. The Morgan fingerprint density at radius 2 is 1.80 bits per heavy atom. The van der Waals surface area contributed by atoms with E-state index >= 15 is 0 Å². The van der Waals surface area contributed by atoms with E-state index in [1.54, 1.807) is 11.8 Å². The number of benzene rings is 2. The highest BCUT2D eigenvalue weighted by molar-refractivity contribution is 6.07. The van der Waals surface area contributed by atoms with E-state index in [-0.39, 0.29) is 12.5 Å². The van der Waals surface area contributed by atoms with Crippen LogP contribution in [0.2, 0.25) is 0 Å². The summed E-state index contributed by atoms with van der Waals surface area (Å²) in [5.41, 5.74) is 3.03. The van der Waals surface area contributed by atoms with Gasteiger partial charge in [0.2, 0.25) is 5.91 Å². The number of aryl methyl sites for hydroxylation is 1. The molecule has 0 fully saturated rings. The van der Waals surface area contributed by atoms with E-state index in [1.165, 1.54) is 0 Å². The third-order valence-corrected chi connectivity index (χ3v) is 4.53. The summed E-state index contributed by atoms with van der Waals surface area (Å²) in [6, 6.07) is 17.5. The summed E-state index contributed by atoms with van der Waals surface area (Å²) < 4.78 is 5.19. The van der Waals surface area contributed by atoms with Gasteiger partial charge in [-0.15, -0.1) is 0 Å². The van der Waals surface area contributed by atoms with Gasteiger partial charge in [0.1, 0.15) is 5.92 Å². The summed E-state index contributed by atoms with van der Waals surface area (Å²) in [7, 11) is 0. The van der Waals surface area contributed by atoms with E-state index in [0.29, 0.717) is 13.0 Å². The quantitative estimate of drug-likeness (QED) is 0.621. The van der Waals surface area contributed by atoms with Crippen LogP contribution in [-0.2, 0) is 27.2 Å². The second kappa shape index (κ2) is 7.97. The van der Waals surface area contributed by atoms with E-state index in [4.69, 9.17) is 4.74 Å². The molecular weight excluding hydrogens is 314 g/mol. The molecule has 1 heterocycles. The van der Waals surface area contributed by atoms with Crippen LogP contribution < -0.4 is 4.90 Å². The van der Waals surface area contributed by atoms with Crippen LogP contribution in [0.4, 0.5) is 5.69 Å². The molecule has 2 aromatic carbocycles. The van der Waals surface area contributed by atoms with E-state index in [9.17, 15) is 9.59 Å². The van der Waals surface area contributed by atoms with Gasteiger partial charge in [0, 0.05) is 12.2 Å². The van der Waals surface area contributed by atoms with Crippen molar-refractivity contribution in [2.75, 3.05) is 18.1 Å². The average molecular weight is 337 g/mol. The molecule has 0 aromatic heterocycles. The van der Waals surface area contributed by atoms with E-state index < -0.39 is 11.9 Å². The summed E-state index contributed by atoms with van der Waals surface area (Å²) in [5.74, 6) is -1.43. The topological polar surface area (TPSA) is 46.6 Å². The maximum atomic E-state index is 13.2. The van der Waals surface area contributed by atoms with Crippen molar-refractivity contribution in [2.24, 2.45) is 5.92 Å². The number of hydrogen-bond acceptors (Lipinski definition) is 3. The molecule has 1 aliphatic heterocycles. The van der Waals surface area contributed by atoms with Gasteiger partial charge >= 0.3 is 5.97 Å². The number of carbonyl (C=O) groups is 2. The fourth-order valence-electron chi connectivity index (χ4n) is 3.31. The Labute approximate surface area is 148 Å². The SMILES string of the molecule is CCOC(=O)[C@H](Cc1ccccc1)C(=O)N1CCCc2ccccc21. The lowest BCUT2D eigenvalue weighted by Crippen LogP contribution is -2.43. The first kappa shape index (κ1) is 17.2. The number of anilines is 1. The first-order valence-electron chi connectivity index (χ1n) is 8.80. The van der Waals surface area contributed by atoms with Gasteiger partial charge in [-0.05, 0) is 43.4 Å². The molecule has 0 radical (unpaired) electrons. The second-order valence-corrected chi connectivity index (χ2v) is 6.22. The molecule has 0 bridgehead atoms. The minimum absolute atomic E-state index is 0.172. The number of nitrogens with zero attached hydrogens (tertiary/aromatic N) is 1. The van der Waals surface area contributed by atoms with Crippen LogP contribution in [0.1, 0.15) is 24.5 Å². The van der Waals surface area contributed by atoms with Gasteiger partial charge < -0.3 is 9.64 Å². The Bertz CT molecular complexity index is 742. The van der Waals surface area contributed by atoms with Crippen LogP contribution in [0.5, 0.6) is 0 Å². The summed E-state index contributed by atoms with van der Waals surface area (Å²) in [5, 5.41) is 0. The fraction of sp³-hybridized carbons (Fsp3) is 0.333. The lowest BCUT2D eigenvalue weighted by atomic mass is 9.95. The van der Waals surface area contributed by atoms with Gasteiger partial charge in [-0.3, -0.25) is 9.59 Å². The van der Waals surface area contributed by atoms with Crippen molar-refractivity contribution in [3.63, 3.8) is 0 Å². The number of ether oxygens (including phenoxy) is 1. The molecule has 0 spiro atoms. The molecule has 0 unspecified atom stereocenters. The molecule has 3 rings (SSSR count). The molecule has 25 heavy (non-hydrogen) atoms. The molecule has 0 aliphatic carbocycles. The van der Waals surface area contributed by atoms with Crippen molar-refractivity contribution >= 4 is 17.6 Å². The molecule has 1 aliphatic rings. The number of esters is 1. The minimum Gasteiger partial charge on any atom is -0.465 e. The molecule has 2 aromatic rings. The molecule has 4 heteroatoms. The zero-order chi connectivity index (χ0) is 17.6. The Morgan fingerprint density at radius 1 is 1.08 bits per heavy atom. The molecular formula is C21H23NO3. The van der Waals surface area contributed by atoms with E-state index in [1.807, 2.05) is 54.6 Å².